The summed E-state index contributed by atoms with van der Waals surface area (Å²) >= 11 is 9.37. The fourth-order valence-electron chi connectivity index (χ4n) is 1.61. The second-order valence-electron chi connectivity index (χ2n) is 4.12. The second-order valence-corrected chi connectivity index (χ2v) is 5.32. The summed E-state index contributed by atoms with van der Waals surface area (Å²) in [6.45, 7) is 3.88. The molecule has 1 aromatic rings. The topological polar surface area (TPSA) is 29.1 Å². The quantitative estimate of drug-likeness (QED) is 0.819. The third-order valence-corrected chi connectivity index (χ3v) is 3.63. The van der Waals surface area contributed by atoms with E-state index >= 15 is 0 Å². The van der Waals surface area contributed by atoms with Crippen LogP contribution in [0, 0.1) is 6.92 Å². The van der Waals surface area contributed by atoms with Crippen molar-refractivity contribution in [3.05, 3.63) is 34.3 Å². The lowest BCUT2D eigenvalue weighted by atomic mass is 10.1. The van der Waals surface area contributed by atoms with Crippen LogP contribution in [0.4, 0.5) is 0 Å². The molecule has 0 fully saturated rings. The van der Waals surface area contributed by atoms with Crippen molar-refractivity contribution in [1.29, 1.82) is 0 Å². The first-order valence-corrected chi connectivity index (χ1v) is 7.18. The third-order valence-electron chi connectivity index (χ3n) is 2.66. The molecule has 0 aliphatic carbocycles. The van der Waals surface area contributed by atoms with E-state index in [9.17, 15) is 4.79 Å². The summed E-state index contributed by atoms with van der Waals surface area (Å²) < 4.78 is 0. The van der Waals surface area contributed by atoms with Crippen LogP contribution in [0.3, 0.4) is 0 Å². The number of hydrogen-bond acceptors (Lipinski definition) is 1. The molecule has 1 aromatic carbocycles. The Labute approximate surface area is 116 Å². The Morgan fingerprint density at radius 3 is 2.88 bits per heavy atom. The Morgan fingerprint density at radius 1 is 1.53 bits per heavy atom. The van der Waals surface area contributed by atoms with Crippen LogP contribution in [-0.4, -0.2) is 17.3 Å². The van der Waals surface area contributed by atoms with Crippen LogP contribution in [0.25, 0.3) is 0 Å². The van der Waals surface area contributed by atoms with E-state index in [-0.39, 0.29) is 11.9 Å². The lowest BCUT2D eigenvalue weighted by Crippen LogP contribution is -2.33. The molecule has 94 valence electrons. The summed E-state index contributed by atoms with van der Waals surface area (Å²) in [6.07, 6.45) is 2.02. The molecule has 0 radical (unpaired) electrons. The van der Waals surface area contributed by atoms with E-state index < -0.39 is 0 Å². The van der Waals surface area contributed by atoms with Gasteiger partial charge in [0.15, 0.2) is 0 Å². The molecule has 0 aromatic heterocycles. The number of nitrogens with one attached hydrogen (secondary N) is 1. The number of alkyl halides is 1. The molecular formula is C13H17BrClNO. The maximum absolute atomic E-state index is 12.0. The van der Waals surface area contributed by atoms with Crippen molar-refractivity contribution in [2.45, 2.75) is 32.7 Å². The van der Waals surface area contributed by atoms with Gasteiger partial charge in [0.05, 0.1) is 0 Å². The van der Waals surface area contributed by atoms with Gasteiger partial charge in [-0.2, -0.15) is 0 Å². The van der Waals surface area contributed by atoms with Gasteiger partial charge in [-0.15, -0.1) is 0 Å². The minimum atomic E-state index is -0.0490. The van der Waals surface area contributed by atoms with Crippen molar-refractivity contribution in [3.63, 3.8) is 0 Å². The molecule has 0 saturated carbocycles. The molecular weight excluding hydrogens is 302 g/mol. The van der Waals surface area contributed by atoms with Gasteiger partial charge in [0.25, 0.3) is 5.91 Å². The SMILES string of the molecule is Cc1c(Cl)cccc1C(=O)NC(C)CCCBr. The van der Waals surface area contributed by atoms with Crippen molar-refractivity contribution in [2.75, 3.05) is 5.33 Å². The van der Waals surface area contributed by atoms with Gasteiger partial charge in [-0.25, -0.2) is 0 Å². The fourth-order valence-corrected chi connectivity index (χ4v) is 2.11. The Hall–Kier alpha value is -0.540. The molecule has 2 nitrogen and oxygen atoms in total. The van der Waals surface area contributed by atoms with Crippen LogP contribution >= 0.6 is 27.5 Å². The minimum Gasteiger partial charge on any atom is -0.350 e. The van der Waals surface area contributed by atoms with Crippen LogP contribution < -0.4 is 5.32 Å². The summed E-state index contributed by atoms with van der Waals surface area (Å²) in [5, 5.41) is 4.57. The van der Waals surface area contributed by atoms with E-state index in [4.69, 9.17) is 11.6 Å². The molecule has 4 heteroatoms. The maximum Gasteiger partial charge on any atom is 0.251 e. The van der Waals surface area contributed by atoms with E-state index in [1.54, 1.807) is 18.2 Å². The highest BCUT2D eigenvalue weighted by atomic mass is 79.9. The van der Waals surface area contributed by atoms with E-state index in [0.29, 0.717) is 10.6 Å². The van der Waals surface area contributed by atoms with E-state index in [2.05, 4.69) is 21.2 Å². The summed E-state index contributed by atoms with van der Waals surface area (Å²) in [5.41, 5.74) is 1.49. The minimum absolute atomic E-state index is 0.0490. The standard InChI is InChI=1S/C13H17BrClNO/c1-9(5-4-8-14)16-13(17)11-6-3-7-12(15)10(11)2/h3,6-7,9H,4-5,8H2,1-2H3,(H,16,17). The van der Waals surface area contributed by atoms with Crippen LogP contribution in [0.15, 0.2) is 18.2 Å². The Morgan fingerprint density at radius 2 is 2.24 bits per heavy atom. The Bertz CT molecular complexity index is 395. The fraction of sp³-hybridized carbons (Fsp3) is 0.462. The van der Waals surface area contributed by atoms with Gasteiger partial charge in [-0.05, 0) is 44.4 Å². The highest BCUT2D eigenvalue weighted by molar-refractivity contribution is 9.09. The molecule has 1 atom stereocenters. The first-order chi connectivity index (χ1) is 8.06. The number of amides is 1. The molecule has 1 N–H and O–H groups in total. The van der Waals surface area contributed by atoms with Gasteiger partial charge in [-0.3, -0.25) is 4.79 Å². The van der Waals surface area contributed by atoms with Gasteiger partial charge in [0.2, 0.25) is 0 Å². The van der Waals surface area contributed by atoms with E-state index in [0.717, 1.165) is 23.7 Å². The number of hydrogen-bond donors (Lipinski definition) is 1. The average molecular weight is 319 g/mol. The van der Waals surface area contributed by atoms with Crippen molar-refractivity contribution >= 4 is 33.4 Å². The first kappa shape index (κ1) is 14.5. The summed E-state index contributed by atoms with van der Waals surface area (Å²) in [4.78, 5) is 12.0. The number of carbonyl (C=O) groups is 1. The highest BCUT2D eigenvalue weighted by Gasteiger charge is 2.12. The normalized spacial score (nSPS) is 12.2. The lowest BCUT2D eigenvalue weighted by Gasteiger charge is -2.14. The van der Waals surface area contributed by atoms with Crippen LogP contribution in [0.5, 0.6) is 0 Å². The number of halogens is 2. The molecule has 0 bridgehead atoms. The van der Waals surface area contributed by atoms with Crippen LogP contribution in [0.2, 0.25) is 5.02 Å². The molecule has 0 spiro atoms. The Balaban J connectivity index is 2.67. The number of carbonyl (C=O) groups excluding carboxylic acids is 1. The molecule has 0 saturated heterocycles. The average Bonchev–Trinajstić information content (AvgIpc) is 2.29. The van der Waals surface area contributed by atoms with Crippen molar-refractivity contribution in [1.82, 2.24) is 5.32 Å². The zero-order valence-corrected chi connectivity index (χ0v) is 12.4. The zero-order valence-electron chi connectivity index (χ0n) is 10.1. The first-order valence-electron chi connectivity index (χ1n) is 5.68. The van der Waals surface area contributed by atoms with Crippen molar-refractivity contribution in [2.24, 2.45) is 0 Å². The summed E-state index contributed by atoms with van der Waals surface area (Å²) in [7, 11) is 0. The van der Waals surface area contributed by atoms with Crippen molar-refractivity contribution in [3.8, 4) is 0 Å². The van der Waals surface area contributed by atoms with E-state index in [1.807, 2.05) is 13.8 Å². The third kappa shape index (κ3) is 4.32. The van der Waals surface area contributed by atoms with E-state index in [1.165, 1.54) is 0 Å². The van der Waals surface area contributed by atoms with Gasteiger partial charge in [0.1, 0.15) is 0 Å². The molecule has 0 aliphatic rings. The summed E-state index contributed by atoms with van der Waals surface area (Å²) in [5.74, 6) is -0.0490. The largest absolute Gasteiger partial charge is 0.350 e. The van der Waals surface area contributed by atoms with Crippen LogP contribution in [-0.2, 0) is 0 Å². The summed E-state index contributed by atoms with van der Waals surface area (Å²) in [6, 6.07) is 5.57. The van der Waals surface area contributed by atoms with Gasteiger partial charge >= 0.3 is 0 Å². The van der Waals surface area contributed by atoms with Crippen LogP contribution in [0.1, 0.15) is 35.7 Å². The number of benzene rings is 1. The van der Waals surface area contributed by atoms with Crippen molar-refractivity contribution < 1.29 is 4.79 Å². The van der Waals surface area contributed by atoms with Gasteiger partial charge < -0.3 is 5.32 Å². The zero-order chi connectivity index (χ0) is 12.8. The monoisotopic (exact) mass is 317 g/mol. The maximum atomic E-state index is 12.0. The highest BCUT2D eigenvalue weighted by Crippen LogP contribution is 2.18. The smallest absolute Gasteiger partial charge is 0.251 e. The second kappa shape index (κ2) is 7.02. The predicted molar refractivity (Wildman–Crippen MR) is 76.1 cm³/mol. The lowest BCUT2D eigenvalue weighted by molar-refractivity contribution is 0.0938. The molecule has 0 aliphatic heterocycles. The predicted octanol–water partition coefficient (Wildman–Crippen LogP) is 3.94. The molecule has 1 rings (SSSR count). The Kier molecular flexibility index (Phi) is 6.00. The molecule has 1 unspecified atom stereocenters. The molecule has 17 heavy (non-hydrogen) atoms. The molecule has 0 heterocycles. The van der Waals surface area contributed by atoms with Gasteiger partial charge in [0, 0.05) is 22.0 Å². The molecule has 1 amide bonds. The van der Waals surface area contributed by atoms with Gasteiger partial charge in [-0.1, -0.05) is 33.6 Å². The number of rotatable bonds is 5.